The standard InChI is InChI=1S/C13H20N2/c1-11(9-12-4-5-12)15-8-6-13-3-2-7-14-10-13/h2-3,7,10-12,15H,4-6,8-9H2,1H3. The van der Waals surface area contributed by atoms with E-state index in [9.17, 15) is 0 Å². The van der Waals surface area contributed by atoms with Gasteiger partial charge in [-0.1, -0.05) is 18.9 Å². The monoisotopic (exact) mass is 204 g/mol. The van der Waals surface area contributed by atoms with Crippen LogP contribution >= 0.6 is 0 Å². The summed E-state index contributed by atoms with van der Waals surface area (Å²) in [4.78, 5) is 4.11. The van der Waals surface area contributed by atoms with Gasteiger partial charge >= 0.3 is 0 Å². The van der Waals surface area contributed by atoms with Crippen molar-refractivity contribution in [3.63, 3.8) is 0 Å². The van der Waals surface area contributed by atoms with E-state index in [0.29, 0.717) is 6.04 Å². The van der Waals surface area contributed by atoms with E-state index in [1.165, 1.54) is 24.8 Å². The molecular formula is C13H20N2. The molecule has 0 spiro atoms. The van der Waals surface area contributed by atoms with Gasteiger partial charge in [-0.2, -0.15) is 0 Å². The lowest BCUT2D eigenvalue weighted by molar-refractivity contribution is 0.491. The molecule has 82 valence electrons. The molecule has 1 N–H and O–H groups in total. The van der Waals surface area contributed by atoms with Crippen LogP contribution in [0, 0.1) is 5.92 Å². The first-order valence-electron chi connectivity index (χ1n) is 5.97. The fraction of sp³-hybridized carbons (Fsp3) is 0.615. The third-order valence-corrected chi connectivity index (χ3v) is 3.01. The molecule has 0 amide bonds. The molecule has 2 heteroatoms. The van der Waals surface area contributed by atoms with Crippen LogP contribution < -0.4 is 5.32 Å². The third kappa shape index (κ3) is 4.00. The Labute approximate surface area is 92.1 Å². The summed E-state index contributed by atoms with van der Waals surface area (Å²) in [6, 6.07) is 4.82. The molecule has 1 atom stereocenters. The van der Waals surface area contributed by atoms with Crippen LogP contribution in [0.3, 0.4) is 0 Å². The van der Waals surface area contributed by atoms with Crippen molar-refractivity contribution in [3.8, 4) is 0 Å². The Balaban J connectivity index is 1.61. The smallest absolute Gasteiger partial charge is 0.0300 e. The summed E-state index contributed by atoms with van der Waals surface area (Å²) in [7, 11) is 0. The maximum atomic E-state index is 4.11. The molecule has 2 rings (SSSR count). The molecule has 0 aromatic carbocycles. The Morgan fingerprint density at radius 1 is 1.53 bits per heavy atom. The lowest BCUT2D eigenvalue weighted by Gasteiger charge is -2.12. The maximum absolute atomic E-state index is 4.11. The van der Waals surface area contributed by atoms with Crippen molar-refractivity contribution in [2.24, 2.45) is 5.92 Å². The van der Waals surface area contributed by atoms with Gasteiger partial charge in [0.25, 0.3) is 0 Å². The van der Waals surface area contributed by atoms with Gasteiger partial charge in [0.1, 0.15) is 0 Å². The zero-order chi connectivity index (χ0) is 10.5. The lowest BCUT2D eigenvalue weighted by Crippen LogP contribution is -2.28. The Morgan fingerprint density at radius 3 is 3.07 bits per heavy atom. The zero-order valence-electron chi connectivity index (χ0n) is 9.45. The van der Waals surface area contributed by atoms with Crippen LogP contribution in [-0.4, -0.2) is 17.6 Å². The highest BCUT2D eigenvalue weighted by atomic mass is 14.9. The second-order valence-corrected chi connectivity index (χ2v) is 4.65. The Kier molecular flexibility index (Phi) is 3.73. The number of pyridine rings is 1. The summed E-state index contributed by atoms with van der Waals surface area (Å²) in [5.74, 6) is 1.02. The van der Waals surface area contributed by atoms with E-state index in [1.807, 2.05) is 18.5 Å². The average molecular weight is 204 g/mol. The molecule has 1 saturated carbocycles. The van der Waals surface area contributed by atoms with Crippen molar-refractivity contribution in [1.82, 2.24) is 10.3 Å². The first kappa shape index (κ1) is 10.6. The van der Waals surface area contributed by atoms with Gasteiger partial charge in [-0.05, 0) is 43.9 Å². The summed E-state index contributed by atoms with van der Waals surface area (Å²) < 4.78 is 0. The largest absolute Gasteiger partial charge is 0.314 e. The van der Waals surface area contributed by atoms with Crippen LogP contribution in [0.2, 0.25) is 0 Å². The summed E-state index contributed by atoms with van der Waals surface area (Å²) in [5, 5.41) is 3.57. The number of nitrogens with one attached hydrogen (secondary N) is 1. The predicted molar refractivity (Wildman–Crippen MR) is 62.7 cm³/mol. The highest BCUT2D eigenvalue weighted by Gasteiger charge is 2.22. The van der Waals surface area contributed by atoms with Gasteiger partial charge in [0.15, 0.2) is 0 Å². The first-order chi connectivity index (χ1) is 7.34. The molecule has 0 radical (unpaired) electrons. The van der Waals surface area contributed by atoms with Crippen LogP contribution in [0.15, 0.2) is 24.5 Å². The molecule has 1 aromatic heterocycles. The molecule has 1 aliphatic rings. The van der Waals surface area contributed by atoms with Gasteiger partial charge < -0.3 is 5.32 Å². The minimum absolute atomic E-state index is 0.675. The minimum atomic E-state index is 0.675. The fourth-order valence-corrected chi connectivity index (χ4v) is 1.95. The van der Waals surface area contributed by atoms with E-state index in [-0.39, 0.29) is 0 Å². The molecule has 0 aliphatic heterocycles. The molecule has 1 fully saturated rings. The number of nitrogens with zero attached hydrogens (tertiary/aromatic N) is 1. The van der Waals surface area contributed by atoms with E-state index in [2.05, 4.69) is 23.3 Å². The molecule has 15 heavy (non-hydrogen) atoms. The van der Waals surface area contributed by atoms with E-state index in [0.717, 1.165) is 18.9 Å². The van der Waals surface area contributed by atoms with E-state index >= 15 is 0 Å². The second-order valence-electron chi connectivity index (χ2n) is 4.65. The van der Waals surface area contributed by atoms with E-state index in [1.54, 1.807) is 0 Å². The molecule has 0 saturated heterocycles. The molecule has 0 bridgehead atoms. The van der Waals surface area contributed by atoms with E-state index in [4.69, 9.17) is 0 Å². The Bertz CT molecular complexity index is 280. The van der Waals surface area contributed by atoms with Crippen LogP contribution in [-0.2, 0) is 6.42 Å². The maximum Gasteiger partial charge on any atom is 0.0300 e. The summed E-state index contributed by atoms with van der Waals surface area (Å²) in [5.41, 5.74) is 1.32. The minimum Gasteiger partial charge on any atom is -0.314 e. The molecule has 1 heterocycles. The topological polar surface area (TPSA) is 24.9 Å². The highest BCUT2D eigenvalue weighted by molar-refractivity contribution is 5.08. The van der Waals surface area contributed by atoms with Gasteiger partial charge in [-0.25, -0.2) is 0 Å². The normalized spacial score (nSPS) is 17.7. The van der Waals surface area contributed by atoms with Crippen molar-refractivity contribution >= 4 is 0 Å². The number of hydrogen-bond donors (Lipinski definition) is 1. The summed E-state index contributed by atoms with van der Waals surface area (Å²) in [6.45, 7) is 3.36. The Morgan fingerprint density at radius 2 is 2.40 bits per heavy atom. The molecule has 1 aliphatic carbocycles. The van der Waals surface area contributed by atoms with Crippen molar-refractivity contribution in [1.29, 1.82) is 0 Å². The van der Waals surface area contributed by atoms with Crippen molar-refractivity contribution in [2.75, 3.05) is 6.54 Å². The van der Waals surface area contributed by atoms with Crippen molar-refractivity contribution in [3.05, 3.63) is 30.1 Å². The number of aromatic nitrogens is 1. The summed E-state index contributed by atoms with van der Waals surface area (Å²) >= 11 is 0. The molecule has 1 unspecified atom stereocenters. The van der Waals surface area contributed by atoms with Gasteiger partial charge in [0, 0.05) is 18.4 Å². The van der Waals surface area contributed by atoms with Gasteiger partial charge in [-0.15, -0.1) is 0 Å². The fourth-order valence-electron chi connectivity index (χ4n) is 1.95. The third-order valence-electron chi connectivity index (χ3n) is 3.01. The molecule has 2 nitrogen and oxygen atoms in total. The van der Waals surface area contributed by atoms with Gasteiger partial charge in [0.2, 0.25) is 0 Å². The average Bonchev–Trinajstić information content (AvgIpc) is 3.03. The molecular weight excluding hydrogens is 184 g/mol. The first-order valence-corrected chi connectivity index (χ1v) is 5.97. The number of hydrogen-bond acceptors (Lipinski definition) is 2. The van der Waals surface area contributed by atoms with Crippen LogP contribution in [0.25, 0.3) is 0 Å². The highest BCUT2D eigenvalue weighted by Crippen LogP contribution is 2.33. The van der Waals surface area contributed by atoms with Gasteiger partial charge in [0.05, 0.1) is 0 Å². The number of rotatable bonds is 6. The van der Waals surface area contributed by atoms with Gasteiger partial charge in [-0.3, -0.25) is 4.98 Å². The van der Waals surface area contributed by atoms with E-state index < -0.39 is 0 Å². The van der Waals surface area contributed by atoms with Crippen LogP contribution in [0.5, 0.6) is 0 Å². The second kappa shape index (κ2) is 5.26. The lowest BCUT2D eigenvalue weighted by atomic mass is 10.1. The SMILES string of the molecule is CC(CC1CC1)NCCc1cccnc1. The summed E-state index contributed by atoms with van der Waals surface area (Å²) in [6.07, 6.45) is 9.12. The van der Waals surface area contributed by atoms with Crippen molar-refractivity contribution < 1.29 is 0 Å². The molecule has 1 aromatic rings. The zero-order valence-corrected chi connectivity index (χ0v) is 9.45. The van der Waals surface area contributed by atoms with Crippen molar-refractivity contribution in [2.45, 2.75) is 38.6 Å². The van der Waals surface area contributed by atoms with Crippen LogP contribution in [0.1, 0.15) is 31.7 Å². The quantitative estimate of drug-likeness (QED) is 0.769. The Hall–Kier alpha value is -0.890. The van der Waals surface area contributed by atoms with Crippen LogP contribution in [0.4, 0.5) is 0 Å². The predicted octanol–water partition coefficient (Wildman–Crippen LogP) is 2.40.